The van der Waals surface area contributed by atoms with Gasteiger partial charge in [0, 0.05) is 42.3 Å². The molecule has 2 spiro atoms. The van der Waals surface area contributed by atoms with Gasteiger partial charge in [-0.15, -0.1) is 11.3 Å². The van der Waals surface area contributed by atoms with Crippen LogP contribution in [-0.2, 0) is 10.8 Å². The van der Waals surface area contributed by atoms with Crippen molar-refractivity contribution in [2.45, 2.75) is 81.1 Å². The lowest BCUT2D eigenvalue weighted by Crippen LogP contribution is -2.29. The largest absolute Gasteiger partial charge is 0.340 e. The Balaban J connectivity index is 0.868. The van der Waals surface area contributed by atoms with Crippen LogP contribution in [0.25, 0.3) is 70.4 Å². The Bertz CT molecular complexity index is 3490. The molecule has 0 amide bonds. The first-order valence-corrected chi connectivity index (χ1v) is 25.6. The zero-order valence-corrected chi connectivity index (χ0v) is 38.6. The average molecular weight is 881 g/mol. The van der Waals surface area contributed by atoms with Crippen LogP contribution in [0.5, 0.6) is 0 Å². The van der Waals surface area contributed by atoms with Crippen LogP contribution in [0.15, 0.2) is 187 Å². The monoisotopic (exact) mass is 880 g/mol. The van der Waals surface area contributed by atoms with Crippen molar-refractivity contribution in [3.8, 4) is 44.5 Å². The van der Waals surface area contributed by atoms with Gasteiger partial charge in [0.05, 0.1) is 6.04 Å². The minimum atomic E-state index is -0.151. The molecule has 1 aromatic heterocycles. The van der Waals surface area contributed by atoms with Crippen molar-refractivity contribution in [2.75, 3.05) is 0 Å². The third kappa shape index (κ3) is 6.10. The summed E-state index contributed by atoms with van der Waals surface area (Å²) in [6.45, 7) is 0. The average Bonchev–Trinajstić information content (AvgIpc) is 4.00. The summed E-state index contributed by atoms with van der Waals surface area (Å²) in [5.74, 6) is 0.896. The van der Waals surface area contributed by atoms with E-state index in [4.69, 9.17) is 4.99 Å². The van der Waals surface area contributed by atoms with Crippen LogP contribution in [0.3, 0.4) is 0 Å². The van der Waals surface area contributed by atoms with Crippen molar-refractivity contribution in [3.63, 3.8) is 0 Å². The quantitative estimate of drug-likeness (QED) is 0.183. The van der Waals surface area contributed by atoms with E-state index in [9.17, 15) is 0 Å². The Labute approximate surface area is 397 Å². The SMILES string of the molecule is C1=C(c2ccc(-c3ccccc3)cc2)NC(c2ccccc2)=NC1c1cccc2c1sc1ccc(-c3ccc4c(c3)-c3cc5c(cc3C43CCCCC3)-c3ccccc3C53CCCCC3)cc12. The molecule has 14 rings (SSSR count). The Kier molecular flexibility index (Phi) is 9.03. The van der Waals surface area contributed by atoms with Crippen molar-refractivity contribution < 1.29 is 0 Å². The summed E-state index contributed by atoms with van der Waals surface area (Å²) in [4.78, 5) is 5.43. The van der Waals surface area contributed by atoms with Crippen LogP contribution < -0.4 is 5.32 Å². The second kappa shape index (κ2) is 15.4. The van der Waals surface area contributed by atoms with Gasteiger partial charge >= 0.3 is 0 Å². The molecule has 1 aliphatic heterocycles. The fourth-order valence-electron chi connectivity index (χ4n) is 13.3. The molecule has 2 heterocycles. The molecule has 9 aromatic rings. The zero-order valence-electron chi connectivity index (χ0n) is 37.8. The number of amidine groups is 1. The van der Waals surface area contributed by atoms with Crippen LogP contribution in [0.1, 0.15) is 109 Å². The highest BCUT2D eigenvalue weighted by Gasteiger charge is 2.49. The van der Waals surface area contributed by atoms with E-state index < -0.39 is 0 Å². The van der Waals surface area contributed by atoms with Crippen molar-refractivity contribution >= 4 is 43.0 Å². The fraction of sp³-hybridized carbons (Fsp3) is 0.203. The van der Waals surface area contributed by atoms with E-state index in [2.05, 4.69) is 187 Å². The number of hydrogen-bond acceptors (Lipinski definition) is 3. The first-order chi connectivity index (χ1) is 33.1. The molecule has 324 valence electrons. The van der Waals surface area contributed by atoms with Crippen molar-refractivity contribution in [1.29, 1.82) is 0 Å². The molecular formula is C64H52N2S. The smallest absolute Gasteiger partial charge is 0.133 e. The summed E-state index contributed by atoms with van der Waals surface area (Å²) in [5, 5.41) is 6.36. The molecule has 1 N–H and O–H groups in total. The van der Waals surface area contributed by atoms with Gasteiger partial charge in [-0.2, -0.15) is 0 Å². The molecule has 0 saturated heterocycles. The van der Waals surface area contributed by atoms with Crippen molar-refractivity contribution in [2.24, 2.45) is 4.99 Å². The van der Waals surface area contributed by atoms with E-state index in [-0.39, 0.29) is 16.9 Å². The molecule has 2 fully saturated rings. The van der Waals surface area contributed by atoms with E-state index in [0.717, 1.165) is 22.7 Å². The second-order valence-electron chi connectivity index (χ2n) is 20.0. The number of benzene rings is 8. The fourth-order valence-corrected chi connectivity index (χ4v) is 14.6. The van der Waals surface area contributed by atoms with E-state index >= 15 is 0 Å². The van der Waals surface area contributed by atoms with E-state index in [1.165, 1.54) is 134 Å². The maximum absolute atomic E-state index is 5.43. The first kappa shape index (κ1) is 39.4. The zero-order chi connectivity index (χ0) is 44.1. The first-order valence-electron chi connectivity index (χ1n) is 24.8. The molecular weight excluding hydrogens is 829 g/mol. The number of nitrogens with zero attached hydrogens (tertiary/aromatic N) is 1. The summed E-state index contributed by atoms with van der Waals surface area (Å²) < 4.78 is 2.62. The number of aliphatic imine (C=N–C) groups is 1. The number of rotatable bonds is 5. The topological polar surface area (TPSA) is 24.4 Å². The predicted molar refractivity (Wildman–Crippen MR) is 282 cm³/mol. The molecule has 8 aromatic carbocycles. The van der Waals surface area contributed by atoms with Gasteiger partial charge in [-0.3, -0.25) is 4.99 Å². The van der Waals surface area contributed by atoms with E-state index in [1.807, 2.05) is 11.3 Å². The molecule has 2 nitrogen and oxygen atoms in total. The minimum absolute atomic E-state index is 0.106. The van der Waals surface area contributed by atoms with Crippen LogP contribution in [-0.4, -0.2) is 5.84 Å². The number of fused-ring (bicyclic) bond motifs is 13. The van der Waals surface area contributed by atoms with Gasteiger partial charge in [-0.05, 0) is 140 Å². The summed E-state index contributed by atoms with van der Waals surface area (Å²) >= 11 is 1.90. The van der Waals surface area contributed by atoms with E-state index in [0.29, 0.717) is 0 Å². The van der Waals surface area contributed by atoms with Crippen molar-refractivity contribution in [1.82, 2.24) is 5.32 Å². The standard InChI is InChI=1S/C64H52N2S/c1-5-16-41(17-6-1)42-24-26-43(27-25-42)58-40-59(66-62(65-58)44-18-7-2-8-19-44)49-22-15-21-48-53-37-46(29-31-60(53)67-61(48)49)45-28-30-55-50(36-45)52-39-56-51(38-57(52)64(55)34-13-4-14-35-64)47-20-9-10-23-54(47)63(56)32-11-3-12-33-63/h1-2,5-10,15-31,36-40,59H,3-4,11-14,32-35H2,(H,65,66). The van der Waals surface area contributed by atoms with Gasteiger partial charge in [0.15, 0.2) is 0 Å². The molecule has 0 radical (unpaired) electrons. The number of hydrogen-bond donors (Lipinski definition) is 1. The summed E-state index contributed by atoms with van der Waals surface area (Å²) in [5.41, 5.74) is 22.2. The number of nitrogens with one attached hydrogen (secondary N) is 1. The number of thiophene rings is 1. The molecule has 1 unspecified atom stereocenters. The Morgan fingerprint density at radius 2 is 0.985 bits per heavy atom. The Morgan fingerprint density at radius 1 is 0.418 bits per heavy atom. The van der Waals surface area contributed by atoms with Crippen molar-refractivity contribution in [3.05, 3.63) is 221 Å². The van der Waals surface area contributed by atoms with Gasteiger partial charge in [0.1, 0.15) is 5.84 Å². The van der Waals surface area contributed by atoms with Gasteiger partial charge in [-0.25, -0.2) is 0 Å². The van der Waals surface area contributed by atoms with Crippen LogP contribution >= 0.6 is 11.3 Å². The lowest BCUT2D eigenvalue weighted by atomic mass is 9.66. The van der Waals surface area contributed by atoms with Gasteiger partial charge in [-0.1, -0.05) is 184 Å². The molecule has 3 heteroatoms. The van der Waals surface area contributed by atoms with Crippen LogP contribution in [0.4, 0.5) is 0 Å². The summed E-state index contributed by atoms with van der Waals surface area (Å²) in [6, 6.07) is 66.4. The van der Waals surface area contributed by atoms with Gasteiger partial charge in [0.2, 0.25) is 0 Å². The maximum Gasteiger partial charge on any atom is 0.133 e. The Hall–Kier alpha value is -6.81. The summed E-state index contributed by atoms with van der Waals surface area (Å²) in [7, 11) is 0. The normalized spacial score (nSPS) is 18.5. The molecule has 2 saturated carbocycles. The summed E-state index contributed by atoms with van der Waals surface area (Å²) in [6.07, 6.45) is 15.3. The lowest BCUT2D eigenvalue weighted by Gasteiger charge is -2.37. The highest BCUT2D eigenvalue weighted by molar-refractivity contribution is 7.26. The van der Waals surface area contributed by atoms with E-state index in [1.54, 1.807) is 22.3 Å². The van der Waals surface area contributed by atoms with Crippen LogP contribution in [0.2, 0.25) is 0 Å². The molecule has 5 aliphatic rings. The third-order valence-corrected chi connectivity index (χ3v) is 17.8. The molecule has 4 aliphatic carbocycles. The molecule has 0 bridgehead atoms. The second-order valence-corrected chi connectivity index (χ2v) is 21.1. The predicted octanol–water partition coefficient (Wildman–Crippen LogP) is 17.0. The molecule has 1 atom stereocenters. The highest BCUT2D eigenvalue weighted by atomic mass is 32.1. The van der Waals surface area contributed by atoms with Gasteiger partial charge in [0.25, 0.3) is 0 Å². The highest BCUT2D eigenvalue weighted by Crippen LogP contribution is 2.62. The van der Waals surface area contributed by atoms with Crippen LogP contribution in [0, 0.1) is 0 Å². The Morgan fingerprint density at radius 3 is 1.72 bits per heavy atom. The molecule has 67 heavy (non-hydrogen) atoms. The lowest BCUT2D eigenvalue weighted by molar-refractivity contribution is 0.350. The minimum Gasteiger partial charge on any atom is -0.340 e. The third-order valence-electron chi connectivity index (χ3n) is 16.5. The van der Waals surface area contributed by atoms with Gasteiger partial charge < -0.3 is 5.32 Å². The maximum atomic E-state index is 5.43.